The molecule has 3 nitrogen and oxygen atoms in total. The molecule has 2 rings (SSSR count). The number of rotatable bonds is 2. The number of anilines is 1. The summed E-state index contributed by atoms with van der Waals surface area (Å²) in [6, 6.07) is 5.60. The Kier molecular flexibility index (Phi) is 3.79. The van der Waals surface area contributed by atoms with Gasteiger partial charge in [-0.05, 0) is 44.9 Å². The molecule has 94 valence electrons. The number of ether oxygens (including phenoxy) is 1. The molecular weight excluding hydrogens is 238 g/mol. The minimum Gasteiger partial charge on any atom is -0.506 e. The summed E-state index contributed by atoms with van der Waals surface area (Å²) >= 11 is 5.87. The molecule has 1 saturated heterocycles. The predicted octanol–water partition coefficient (Wildman–Crippen LogP) is 3.41. The third kappa shape index (κ3) is 3.27. The fraction of sp³-hybridized carbons (Fsp3) is 0.538. The van der Waals surface area contributed by atoms with Gasteiger partial charge in [-0.15, -0.1) is 0 Å². The van der Waals surface area contributed by atoms with Crippen LogP contribution in [0.1, 0.15) is 26.7 Å². The quantitative estimate of drug-likeness (QED) is 0.796. The van der Waals surface area contributed by atoms with Crippen LogP contribution in [-0.4, -0.2) is 23.4 Å². The van der Waals surface area contributed by atoms with E-state index >= 15 is 0 Å². The van der Waals surface area contributed by atoms with Crippen molar-refractivity contribution in [1.82, 2.24) is 0 Å². The van der Waals surface area contributed by atoms with Crippen molar-refractivity contribution in [2.45, 2.75) is 44.9 Å². The Morgan fingerprint density at radius 2 is 1.94 bits per heavy atom. The number of benzene rings is 1. The number of hydrogen-bond donors (Lipinski definition) is 2. The summed E-state index contributed by atoms with van der Waals surface area (Å²) in [4.78, 5) is 0. The molecule has 17 heavy (non-hydrogen) atoms. The molecule has 2 atom stereocenters. The maximum Gasteiger partial charge on any atom is 0.134 e. The van der Waals surface area contributed by atoms with Gasteiger partial charge < -0.3 is 15.2 Å². The van der Waals surface area contributed by atoms with E-state index in [2.05, 4.69) is 19.2 Å². The number of halogens is 1. The van der Waals surface area contributed by atoms with E-state index in [1.54, 1.807) is 12.1 Å². The molecule has 1 aliphatic rings. The Bertz CT molecular complexity index is 387. The second kappa shape index (κ2) is 5.15. The number of phenols is 1. The monoisotopic (exact) mass is 255 g/mol. The van der Waals surface area contributed by atoms with Crippen molar-refractivity contribution in [3.8, 4) is 5.75 Å². The van der Waals surface area contributed by atoms with E-state index in [4.69, 9.17) is 16.3 Å². The fourth-order valence-corrected chi connectivity index (χ4v) is 2.54. The average molecular weight is 256 g/mol. The van der Waals surface area contributed by atoms with Crippen molar-refractivity contribution in [3.63, 3.8) is 0 Å². The Balaban J connectivity index is 2.02. The average Bonchev–Trinajstić information content (AvgIpc) is 2.22. The van der Waals surface area contributed by atoms with Gasteiger partial charge in [-0.2, -0.15) is 0 Å². The number of aromatic hydroxyl groups is 1. The van der Waals surface area contributed by atoms with Gasteiger partial charge in [0, 0.05) is 11.7 Å². The predicted molar refractivity (Wildman–Crippen MR) is 69.8 cm³/mol. The summed E-state index contributed by atoms with van der Waals surface area (Å²) < 4.78 is 5.69. The second-order valence-corrected chi connectivity index (χ2v) is 5.14. The van der Waals surface area contributed by atoms with Crippen LogP contribution in [0.2, 0.25) is 5.02 Å². The first-order chi connectivity index (χ1) is 8.04. The Hall–Kier alpha value is -0.930. The van der Waals surface area contributed by atoms with E-state index in [1.807, 2.05) is 6.07 Å². The molecule has 4 heteroatoms. The number of nitrogens with one attached hydrogen (secondary N) is 1. The van der Waals surface area contributed by atoms with Gasteiger partial charge >= 0.3 is 0 Å². The van der Waals surface area contributed by atoms with Crippen molar-refractivity contribution < 1.29 is 9.84 Å². The Labute approximate surface area is 107 Å². The summed E-state index contributed by atoms with van der Waals surface area (Å²) in [5.41, 5.74) is 0.944. The molecule has 0 bridgehead atoms. The highest BCUT2D eigenvalue weighted by molar-refractivity contribution is 6.32. The maximum absolute atomic E-state index is 9.35. The van der Waals surface area contributed by atoms with E-state index in [0.717, 1.165) is 18.5 Å². The van der Waals surface area contributed by atoms with Crippen LogP contribution in [0.5, 0.6) is 5.75 Å². The van der Waals surface area contributed by atoms with Crippen LogP contribution in [0.3, 0.4) is 0 Å². The lowest BCUT2D eigenvalue weighted by Crippen LogP contribution is -2.36. The topological polar surface area (TPSA) is 41.5 Å². The third-order valence-electron chi connectivity index (χ3n) is 3.02. The lowest BCUT2D eigenvalue weighted by atomic mass is 9.99. The lowest BCUT2D eigenvalue weighted by molar-refractivity contribution is -0.0337. The highest BCUT2D eigenvalue weighted by Crippen LogP contribution is 2.28. The maximum atomic E-state index is 9.35. The van der Waals surface area contributed by atoms with Gasteiger partial charge in [-0.1, -0.05) is 11.6 Å². The van der Waals surface area contributed by atoms with Crippen molar-refractivity contribution in [1.29, 1.82) is 0 Å². The summed E-state index contributed by atoms with van der Waals surface area (Å²) in [7, 11) is 0. The van der Waals surface area contributed by atoms with Crippen molar-refractivity contribution in [2.75, 3.05) is 5.32 Å². The van der Waals surface area contributed by atoms with Gasteiger partial charge in [0.1, 0.15) is 5.75 Å². The zero-order valence-electron chi connectivity index (χ0n) is 10.1. The summed E-state index contributed by atoms with van der Waals surface area (Å²) in [6.45, 7) is 4.18. The largest absolute Gasteiger partial charge is 0.506 e. The molecule has 1 fully saturated rings. The minimum absolute atomic E-state index is 0.117. The lowest BCUT2D eigenvalue weighted by Gasteiger charge is -2.33. The zero-order valence-corrected chi connectivity index (χ0v) is 10.9. The van der Waals surface area contributed by atoms with Crippen molar-refractivity contribution in [3.05, 3.63) is 23.2 Å². The number of hydrogen-bond acceptors (Lipinski definition) is 3. The van der Waals surface area contributed by atoms with Gasteiger partial charge in [0.15, 0.2) is 0 Å². The Morgan fingerprint density at radius 3 is 2.53 bits per heavy atom. The second-order valence-electron chi connectivity index (χ2n) is 4.74. The van der Waals surface area contributed by atoms with Crippen LogP contribution in [0.15, 0.2) is 18.2 Å². The molecule has 0 amide bonds. The zero-order chi connectivity index (χ0) is 12.4. The van der Waals surface area contributed by atoms with Crippen LogP contribution in [0.25, 0.3) is 0 Å². The van der Waals surface area contributed by atoms with Crippen LogP contribution in [0, 0.1) is 0 Å². The third-order valence-corrected chi connectivity index (χ3v) is 3.32. The minimum atomic E-state index is 0.117. The molecule has 0 aliphatic carbocycles. The first-order valence-electron chi connectivity index (χ1n) is 5.95. The Morgan fingerprint density at radius 1 is 1.29 bits per heavy atom. The summed E-state index contributed by atoms with van der Waals surface area (Å²) in [5.74, 6) is 0.117. The smallest absolute Gasteiger partial charge is 0.134 e. The summed E-state index contributed by atoms with van der Waals surface area (Å²) in [5, 5.41) is 13.2. The molecule has 1 aliphatic heterocycles. The SMILES string of the molecule is CC1CC(Nc2ccc(O)c(Cl)c2)CC(C)O1. The molecular formula is C13H18ClNO2. The molecule has 1 aromatic carbocycles. The summed E-state index contributed by atoms with van der Waals surface area (Å²) in [6.07, 6.45) is 2.54. The van der Waals surface area contributed by atoms with E-state index in [-0.39, 0.29) is 18.0 Å². The molecule has 2 unspecified atom stereocenters. The van der Waals surface area contributed by atoms with Gasteiger partial charge in [0.05, 0.1) is 17.2 Å². The molecule has 0 radical (unpaired) electrons. The van der Waals surface area contributed by atoms with Crippen molar-refractivity contribution in [2.24, 2.45) is 0 Å². The molecule has 0 aromatic heterocycles. The van der Waals surface area contributed by atoms with E-state index in [9.17, 15) is 5.11 Å². The van der Waals surface area contributed by atoms with Gasteiger partial charge in [0.2, 0.25) is 0 Å². The highest BCUT2D eigenvalue weighted by Gasteiger charge is 2.24. The van der Waals surface area contributed by atoms with Crippen LogP contribution >= 0.6 is 11.6 Å². The molecule has 0 saturated carbocycles. The van der Waals surface area contributed by atoms with E-state index < -0.39 is 0 Å². The fourth-order valence-electron chi connectivity index (χ4n) is 2.36. The van der Waals surface area contributed by atoms with Gasteiger partial charge in [0.25, 0.3) is 0 Å². The van der Waals surface area contributed by atoms with E-state index in [1.165, 1.54) is 0 Å². The van der Waals surface area contributed by atoms with E-state index in [0.29, 0.717) is 11.1 Å². The first-order valence-corrected chi connectivity index (χ1v) is 6.33. The normalized spacial score (nSPS) is 29.0. The molecule has 1 aromatic rings. The van der Waals surface area contributed by atoms with Crippen molar-refractivity contribution >= 4 is 17.3 Å². The molecule has 2 N–H and O–H groups in total. The van der Waals surface area contributed by atoms with Crippen LogP contribution < -0.4 is 5.32 Å². The first kappa shape index (κ1) is 12.5. The van der Waals surface area contributed by atoms with Crippen LogP contribution in [0.4, 0.5) is 5.69 Å². The highest BCUT2D eigenvalue weighted by atomic mass is 35.5. The van der Waals surface area contributed by atoms with Gasteiger partial charge in [-0.25, -0.2) is 0 Å². The number of phenolic OH excluding ortho intramolecular Hbond substituents is 1. The van der Waals surface area contributed by atoms with Crippen LogP contribution in [-0.2, 0) is 4.74 Å². The van der Waals surface area contributed by atoms with Gasteiger partial charge in [-0.3, -0.25) is 0 Å². The molecule has 1 heterocycles. The molecule has 0 spiro atoms. The standard InChI is InChI=1S/C13H18ClNO2/c1-8-5-11(6-9(2)17-8)15-10-3-4-13(16)12(14)7-10/h3-4,7-9,11,15-16H,5-6H2,1-2H3.